The molecule has 0 radical (unpaired) electrons. The van der Waals surface area contributed by atoms with Gasteiger partial charge in [0.15, 0.2) is 0 Å². The lowest BCUT2D eigenvalue weighted by Crippen LogP contribution is -2.60. The average Bonchev–Trinajstić information content (AvgIpc) is 1.97. The van der Waals surface area contributed by atoms with Crippen molar-refractivity contribution in [2.75, 3.05) is 0 Å². The van der Waals surface area contributed by atoms with Gasteiger partial charge in [0, 0.05) is 0 Å². The zero-order valence-corrected chi connectivity index (χ0v) is 8.71. The van der Waals surface area contributed by atoms with Crippen LogP contribution in [0, 0.1) is 23.2 Å². The Morgan fingerprint density at radius 2 is 1.62 bits per heavy atom. The van der Waals surface area contributed by atoms with Crippen molar-refractivity contribution >= 4 is 0 Å². The van der Waals surface area contributed by atoms with Gasteiger partial charge in [0.2, 0.25) is 0 Å². The number of rotatable bonds is 0. The van der Waals surface area contributed by atoms with Gasteiger partial charge in [-0.3, -0.25) is 0 Å². The van der Waals surface area contributed by atoms with Crippen LogP contribution >= 0.6 is 0 Å². The third-order valence-corrected chi connectivity index (χ3v) is 5.31. The first-order valence-electron chi connectivity index (χ1n) is 5.74. The Morgan fingerprint density at radius 1 is 1.08 bits per heavy atom. The molecule has 13 heavy (non-hydrogen) atoms. The zero-order chi connectivity index (χ0) is 9.27. The van der Waals surface area contributed by atoms with Gasteiger partial charge in [-0.2, -0.15) is 0 Å². The molecule has 3 unspecified atom stereocenters. The summed E-state index contributed by atoms with van der Waals surface area (Å²) in [6, 6.07) is 0. The van der Waals surface area contributed by atoms with E-state index in [0.717, 1.165) is 24.7 Å². The summed E-state index contributed by atoms with van der Waals surface area (Å²) in [5.74, 6) is 2.23. The summed E-state index contributed by atoms with van der Waals surface area (Å²) < 4.78 is 0. The Labute approximate surface area is 80.5 Å². The van der Waals surface area contributed by atoms with Gasteiger partial charge in [-0.15, -0.1) is 0 Å². The van der Waals surface area contributed by atoms with Gasteiger partial charge >= 0.3 is 0 Å². The van der Waals surface area contributed by atoms with Crippen LogP contribution in [0.25, 0.3) is 0 Å². The van der Waals surface area contributed by atoms with Crippen molar-refractivity contribution in [1.82, 2.24) is 0 Å². The molecule has 4 saturated carbocycles. The largest absolute Gasteiger partial charge is 0.390 e. The summed E-state index contributed by atoms with van der Waals surface area (Å²) in [6.45, 7) is 4.68. The molecule has 4 fully saturated rings. The van der Waals surface area contributed by atoms with E-state index in [0.29, 0.717) is 11.3 Å². The molecular formula is C12H20O. The molecule has 0 aromatic rings. The van der Waals surface area contributed by atoms with E-state index in [2.05, 4.69) is 13.8 Å². The maximum absolute atomic E-state index is 10.5. The smallest absolute Gasteiger partial charge is 0.0683 e. The van der Waals surface area contributed by atoms with Crippen LogP contribution in [0.5, 0.6) is 0 Å². The third kappa shape index (κ3) is 0.918. The lowest BCUT2D eigenvalue weighted by molar-refractivity contribution is -0.200. The number of hydrogen-bond donors (Lipinski definition) is 1. The molecule has 1 heteroatoms. The normalized spacial score (nSPS) is 64.4. The summed E-state index contributed by atoms with van der Waals surface area (Å²) in [7, 11) is 0. The fourth-order valence-corrected chi connectivity index (χ4v) is 4.79. The highest BCUT2D eigenvalue weighted by Crippen LogP contribution is 2.63. The second kappa shape index (κ2) is 2.13. The van der Waals surface area contributed by atoms with Gasteiger partial charge in [0.1, 0.15) is 0 Å². The molecule has 0 aromatic carbocycles. The monoisotopic (exact) mass is 180 g/mol. The topological polar surface area (TPSA) is 20.2 Å². The Kier molecular flexibility index (Phi) is 1.36. The molecule has 4 rings (SSSR count). The molecule has 1 nitrogen and oxygen atoms in total. The first-order valence-corrected chi connectivity index (χ1v) is 5.74. The van der Waals surface area contributed by atoms with Crippen molar-refractivity contribution < 1.29 is 5.11 Å². The van der Waals surface area contributed by atoms with E-state index in [-0.39, 0.29) is 5.60 Å². The van der Waals surface area contributed by atoms with Crippen molar-refractivity contribution in [3.63, 3.8) is 0 Å². The summed E-state index contributed by atoms with van der Waals surface area (Å²) >= 11 is 0. The average molecular weight is 180 g/mol. The minimum absolute atomic E-state index is 0.279. The summed E-state index contributed by atoms with van der Waals surface area (Å²) in [5, 5.41) is 10.5. The van der Waals surface area contributed by atoms with Gasteiger partial charge in [0.25, 0.3) is 0 Å². The fourth-order valence-electron chi connectivity index (χ4n) is 4.79. The Hall–Kier alpha value is -0.0400. The minimum Gasteiger partial charge on any atom is -0.390 e. The fraction of sp³-hybridized carbons (Fsp3) is 1.00. The summed E-state index contributed by atoms with van der Waals surface area (Å²) in [6.07, 6.45) is 6.37. The summed E-state index contributed by atoms with van der Waals surface area (Å²) in [4.78, 5) is 0. The molecule has 74 valence electrons. The Morgan fingerprint density at radius 3 is 2.08 bits per heavy atom. The van der Waals surface area contributed by atoms with Crippen LogP contribution in [0.2, 0.25) is 0 Å². The molecule has 0 aliphatic heterocycles. The predicted molar refractivity (Wildman–Crippen MR) is 52.3 cm³/mol. The van der Waals surface area contributed by atoms with Crippen molar-refractivity contribution in [3.05, 3.63) is 0 Å². The van der Waals surface area contributed by atoms with E-state index in [9.17, 15) is 5.11 Å². The molecule has 1 N–H and O–H groups in total. The molecule has 3 atom stereocenters. The Bertz CT molecular complexity index is 210. The number of aliphatic hydroxyl groups is 1. The highest BCUT2D eigenvalue weighted by Gasteiger charge is 2.59. The van der Waals surface area contributed by atoms with E-state index in [1.165, 1.54) is 19.3 Å². The van der Waals surface area contributed by atoms with Crippen LogP contribution in [-0.2, 0) is 0 Å². The van der Waals surface area contributed by atoms with Crippen LogP contribution in [-0.4, -0.2) is 10.7 Å². The van der Waals surface area contributed by atoms with E-state index >= 15 is 0 Å². The van der Waals surface area contributed by atoms with Crippen molar-refractivity contribution in [2.24, 2.45) is 23.2 Å². The molecule has 0 spiro atoms. The molecule has 0 amide bonds. The first kappa shape index (κ1) is 8.28. The van der Waals surface area contributed by atoms with E-state index < -0.39 is 0 Å². The quantitative estimate of drug-likeness (QED) is 0.607. The second-order valence-corrected chi connectivity index (χ2v) is 6.26. The highest BCUT2D eigenvalue weighted by molar-refractivity contribution is 5.10. The van der Waals surface area contributed by atoms with Crippen LogP contribution in [0.4, 0.5) is 0 Å². The van der Waals surface area contributed by atoms with E-state index in [1.807, 2.05) is 0 Å². The van der Waals surface area contributed by atoms with E-state index in [1.54, 1.807) is 0 Å². The maximum atomic E-state index is 10.5. The highest BCUT2D eigenvalue weighted by atomic mass is 16.3. The first-order chi connectivity index (χ1) is 6.02. The van der Waals surface area contributed by atoms with Crippen LogP contribution in [0.3, 0.4) is 0 Å². The maximum Gasteiger partial charge on any atom is 0.0683 e. The molecule has 0 aromatic heterocycles. The van der Waals surface area contributed by atoms with Crippen molar-refractivity contribution in [1.29, 1.82) is 0 Å². The molecular weight excluding hydrogens is 160 g/mol. The standard InChI is InChI=1S/C12H20O/c1-8-11(2)4-9-3-10(5-11)7-12(8,13)6-9/h8-10,13H,3-7H2,1-2H3. The van der Waals surface area contributed by atoms with Crippen molar-refractivity contribution in [2.45, 2.75) is 51.6 Å². The lowest BCUT2D eigenvalue weighted by atomic mass is 9.44. The predicted octanol–water partition coefficient (Wildman–Crippen LogP) is 2.58. The molecule has 4 bridgehead atoms. The number of hydrogen-bond acceptors (Lipinski definition) is 1. The van der Waals surface area contributed by atoms with Gasteiger partial charge < -0.3 is 5.11 Å². The van der Waals surface area contributed by atoms with Crippen LogP contribution in [0.1, 0.15) is 46.0 Å². The zero-order valence-electron chi connectivity index (χ0n) is 8.71. The van der Waals surface area contributed by atoms with Gasteiger partial charge in [-0.25, -0.2) is 0 Å². The van der Waals surface area contributed by atoms with Crippen LogP contribution < -0.4 is 0 Å². The molecule has 0 heterocycles. The van der Waals surface area contributed by atoms with Gasteiger partial charge in [0.05, 0.1) is 5.60 Å². The van der Waals surface area contributed by atoms with Gasteiger partial charge in [-0.1, -0.05) is 13.8 Å². The van der Waals surface area contributed by atoms with Crippen LogP contribution in [0.15, 0.2) is 0 Å². The SMILES string of the molecule is CC1C2(C)CC3CC(C2)CC1(O)C3. The third-order valence-electron chi connectivity index (χ3n) is 5.31. The molecule has 0 saturated heterocycles. The second-order valence-electron chi connectivity index (χ2n) is 6.26. The Balaban J connectivity index is 2.03. The summed E-state index contributed by atoms with van der Waals surface area (Å²) in [5.41, 5.74) is 0.192. The molecule has 4 aliphatic rings. The minimum atomic E-state index is -0.279. The van der Waals surface area contributed by atoms with E-state index in [4.69, 9.17) is 0 Å². The van der Waals surface area contributed by atoms with Crippen molar-refractivity contribution in [3.8, 4) is 0 Å². The van der Waals surface area contributed by atoms with Gasteiger partial charge in [-0.05, 0) is 55.3 Å². The molecule has 4 aliphatic carbocycles. The lowest BCUT2D eigenvalue weighted by Gasteiger charge is -2.63.